The first kappa shape index (κ1) is 6.00. The van der Waals surface area contributed by atoms with E-state index in [-0.39, 0.29) is 0 Å². The quantitative estimate of drug-likeness (QED) is 0.425. The van der Waals surface area contributed by atoms with E-state index in [2.05, 4.69) is 15.5 Å². The van der Waals surface area contributed by atoms with Crippen molar-refractivity contribution >= 4 is 17.5 Å². The second-order valence-corrected chi connectivity index (χ2v) is 2.29. The van der Waals surface area contributed by atoms with Gasteiger partial charge in [0.25, 0.3) is 0 Å². The molecule has 0 fully saturated rings. The largest absolute Gasteiger partial charge is 0.382 e. The second kappa shape index (κ2) is 1.87. The molecule has 0 bridgehead atoms. The van der Waals surface area contributed by atoms with Gasteiger partial charge in [-0.1, -0.05) is 0 Å². The van der Waals surface area contributed by atoms with Gasteiger partial charge in [-0.2, -0.15) is 5.10 Å². The summed E-state index contributed by atoms with van der Waals surface area (Å²) in [4.78, 5) is 10.3. The molecule has 0 saturated heterocycles. The molecule has 4 N–H and O–H groups in total. The molecule has 1 aliphatic rings. The van der Waals surface area contributed by atoms with E-state index in [9.17, 15) is 4.79 Å². The average molecular weight is 150 g/mol. The summed E-state index contributed by atoms with van der Waals surface area (Å²) >= 11 is 0. The van der Waals surface area contributed by atoms with Gasteiger partial charge in [-0.25, -0.2) is 4.79 Å². The van der Waals surface area contributed by atoms with Crippen LogP contribution in [0, 0.1) is 0 Å². The van der Waals surface area contributed by atoms with Gasteiger partial charge in [0.05, 0.1) is 17.8 Å². The van der Waals surface area contributed by atoms with E-state index in [1.165, 1.54) is 0 Å². The van der Waals surface area contributed by atoms with E-state index in [0.29, 0.717) is 23.6 Å². The molecule has 11 heavy (non-hydrogen) atoms. The standard InChI is InChI=1S/C6H6N4O/c7-6-5-3(9-10-6)1-8-4(5)2-11/h8H,1H2,(H3,7,9,10). The van der Waals surface area contributed by atoms with Crippen LogP contribution in [-0.2, 0) is 11.3 Å². The van der Waals surface area contributed by atoms with Crippen molar-refractivity contribution in [3.63, 3.8) is 0 Å². The summed E-state index contributed by atoms with van der Waals surface area (Å²) in [6, 6.07) is 0. The minimum atomic E-state index is 0.350. The van der Waals surface area contributed by atoms with Crippen LogP contribution in [0.3, 0.4) is 0 Å². The molecule has 2 heterocycles. The smallest absolute Gasteiger partial charge is 0.155 e. The lowest BCUT2D eigenvalue weighted by atomic mass is 10.2. The normalized spacial score (nSPS) is 14.0. The third kappa shape index (κ3) is 0.653. The fourth-order valence-electron chi connectivity index (χ4n) is 1.15. The molecular formula is C6H6N4O. The van der Waals surface area contributed by atoms with E-state index < -0.39 is 0 Å². The van der Waals surface area contributed by atoms with Gasteiger partial charge < -0.3 is 11.1 Å². The summed E-state index contributed by atoms with van der Waals surface area (Å²) < 4.78 is 0. The summed E-state index contributed by atoms with van der Waals surface area (Å²) in [5.74, 6) is 2.11. The van der Waals surface area contributed by atoms with Crippen LogP contribution in [0.25, 0.3) is 5.70 Å². The predicted octanol–water partition coefficient (Wildman–Crippen LogP) is -0.732. The Hall–Kier alpha value is -1.74. The number of H-pyrrole nitrogens is 1. The van der Waals surface area contributed by atoms with Gasteiger partial charge in [0.2, 0.25) is 0 Å². The first-order valence-corrected chi connectivity index (χ1v) is 3.15. The first-order chi connectivity index (χ1) is 5.33. The van der Waals surface area contributed by atoms with Crippen molar-refractivity contribution in [3.8, 4) is 0 Å². The van der Waals surface area contributed by atoms with Gasteiger partial charge in [-0.05, 0) is 0 Å². The molecule has 0 unspecified atom stereocenters. The van der Waals surface area contributed by atoms with Crippen LogP contribution in [0.5, 0.6) is 0 Å². The number of nitrogen functional groups attached to an aromatic ring is 1. The third-order valence-corrected chi connectivity index (χ3v) is 1.66. The second-order valence-electron chi connectivity index (χ2n) is 2.29. The molecule has 1 aliphatic heterocycles. The number of aromatic amines is 1. The Bertz CT molecular complexity index is 347. The fraction of sp³-hybridized carbons (Fsp3) is 0.167. The number of hydrogen-bond donors (Lipinski definition) is 3. The van der Waals surface area contributed by atoms with Crippen molar-refractivity contribution in [1.29, 1.82) is 0 Å². The van der Waals surface area contributed by atoms with Crippen LogP contribution in [0.1, 0.15) is 11.3 Å². The summed E-state index contributed by atoms with van der Waals surface area (Å²) in [5.41, 5.74) is 7.39. The van der Waals surface area contributed by atoms with Crippen molar-refractivity contribution in [2.45, 2.75) is 6.54 Å². The van der Waals surface area contributed by atoms with Crippen molar-refractivity contribution in [3.05, 3.63) is 11.3 Å². The highest BCUT2D eigenvalue weighted by Gasteiger charge is 2.21. The Labute approximate surface area is 62.3 Å². The maximum atomic E-state index is 10.3. The number of rotatable bonds is 0. The van der Waals surface area contributed by atoms with E-state index in [1.807, 2.05) is 0 Å². The number of nitrogens with two attached hydrogens (primary N) is 1. The van der Waals surface area contributed by atoms with Crippen molar-refractivity contribution < 1.29 is 4.79 Å². The molecule has 5 nitrogen and oxygen atoms in total. The molecule has 0 aromatic carbocycles. The molecular weight excluding hydrogens is 144 g/mol. The number of carbonyl (C=O) groups excluding carboxylic acids is 1. The van der Waals surface area contributed by atoms with E-state index in [4.69, 9.17) is 5.73 Å². The Morgan fingerprint density at radius 2 is 2.45 bits per heavy atom. The van der Waals surface area contributed by atoms with Crippen LogP contribution in [0.4, 0.5) is 5.82 Å². The number of hydrogen-bond acceptors (Lipinski definition) is 4. The molecule has 0 aliphatic carbocycles. The lowest BCUT2D eigenvalue weighted by Gasteiger charge is -1.91. The lowest BCUT2D eigenvalue weighted by molar-refractivity contribution is 0.568. The Morgan fingerprint density at radius 1 is 1.64 bits per heavy atom. The number of nitrogens with one attached hydrogen (secondary N) is 2. The minimum absolute atomic E-state index is 0.350. The molecule has 0 spiro atoms. The maximum absolute atomic E-state index is 10.3. The number of aromatic nitrogens is 2. The topological polar surface area (TPSA) is 83.8 Å². The van der Waals surface area contributed by atoms with Gasteiger partial charge in [-0.15, -0.1) is 0 Å². The van der Waals surface area contributed by atoms with Crippen LogP contribution in [0.2, 0.25) is 0 Å². The van der Waals surface area contributed by atoms with E-state index in [1.54, 1.807) is 5.94 Å². The molecule has 0 saturated carbocycles. The van der Waals surface area contributed by atoms with Crippen molar-refractivity contribution in [2.75, 3.05) is 5.73 Å². The van der Waals surface area contributed by atoms with Gasteiger partial charge in [0, 0.05) is 0 Å². The van der Waals surface area contributed by atoms with Gasteiger partial charge in [-0.3, -0.25) is 5.10 Å². The highest BCUT2D eigenvalue weighted by atomic mass is 16.1. The van der Waals surface area contributed by atoms with Gasteiger partial charge in [0.15, 0.2) is 11.8 Å². The zero-order valence-electron chi connectivity index (χ0n) is 5.64. The highest BCUT2D eigenvalue weighted by Crippen LogP contribution is 2.24. The summed E-state index contributed by atoms with van der Waals surface area (Å²) in [7, 11) is 0. The number of fused-ring (bicyclic) bond motifs is 1. The Balaban J connectivity index is 2.68. The molecule has 1 aromatic heterocycles. The maximum Gasteiger partial charge on any atom is 0.155 e. The zero-order chi connectivity index (χ0) is 7.84. The summed E-state index contributed by atoms with van der Waals surface area (Å²) in [6.45, 7) is 0.574. The molecule has 5 heteroatoms. The highest BCUT2D eigenvalue weighted by molar-refractivity contribution is 5.92. The number of nitrogens with zero attached hydrogens (tertiary/aromatic N) is 1. The first-order valence-electron chi connectivity index (χ1n) is 3.15. The predicted molar refractivity (Wildman–Crippen MR) is 38.9 cm³/mol. The van der Waals surface area contributed by atoms with Crippen LogP contribution in [0.15, 0.2) is 0 Å². The van der Waals surface area contributed by atoms with Gasteiger partial charge >= 0.3 is 0 Å². The Kier molecular flexibility index (Phi) is 1.02. The molecule has 56 valence electrons. The lowest BCUT2D eigenvalue weighted by Crippen LogP contribution is -2.03. The minimum Gasteiger partial charge on any atom is -0.382 e. The molecule has 2 rings (SSSR count). The molecule has 0 radical (unpaired) electrons. The fourth-order valence-corrected chi connectivity index (χ4v) is 1.15. The average Bonchev–Trinajstić information content (AvgIpc) is 2.54. The summed E-state index contributed by atoms with van der Waals surface area (Å²) in [6.07, 6.45) is 0. The third-order valence-electron chi connectivity index (χ3n) is 1.66. The summed E-state index contributed by atoms with van der Waals surface area (Å²) in [5, 5.41) is 9.30. The molecule has 0 amide bonds. The monoisotopic (exact) mass is 150 g/mol. The SMILES string of the molecule is Nc1n[nH]c2c1C(=C=O)NC2. The van der Waals surface area contributed by atoms with Crippen molar-refractivity contribution in [1.82, 2.24) is 15.5 Å². The molecule has 0 atom stereocenters. The van der Waals surface area contributed by atoms with E-state index >= 15 is 0 Å². The Morgan fingerprint density at radius 3 is 3.18 bits per heavy atom. The van der Waals surface area contributed by atoms with Crippen LogP contribution >= 0.6 is 0 Å². The van der Waals surface area contributed by atoms with Crippen molar-refractivity contribution in [2.24, 2.45) is 0 Å². The van der Waals surface area contributed by atoms with Crippen LogP contribution < -0.4 is 11.1 Å². The zero-order valence-corrected chi connectivity index (χ0v) is 5.64. The molecule has 1 aromatic rings. The van der Waals surface area contributed by atoms with Gasteiger partial charge in [0.1, 0.15) is 5.70 Å². The van der Waals surface area contributed by atoms with E-state index in [0.717, 1.165) is 5.69 Å². The number of anilines is 1. The van der Waals surface area contributed by atoms with Crippen LogP contribution in [-0.4, -0.2) is 16.1 Å².